The topological polar surface area (TPSA) is 95.6 Å². The number of anilines is 1. The summed E-state index contributed by atoms with van der Waals surface area (Å²) in [5.41, 5.74) is 4.98. The molecule has 0 fully saturated rings. The fourth-order valence-electron chi connectivity index (χ4n) is 4.60. The van der Waals surface area contributed by atoms with Gasteiger partial charge < -0.3 is 10.2 Å². The van der Waals surface area contributed by atoms with Crippen LogP contribution >= 0.6 is 0 Å². The van der Waals surface area contributed by atoms with Gasteiger partial charge in [0, 0.05) is 26.2 Å². The lowest BCUT2D eigenvalue weighted by molar-refractivity contribution is -0.128. The number of rotatable bonds is 6. The number of aryl methyl sites for hydroxylation is 2. The Morgan fingerprint density at radius 2 is 1.62 bits per heavy atom. The molecular formula is C21H31N3O4S. The van der Waals surface area contributed by atoms with E-state index >= 15 is 0 Å². The molecule has 0 spiro atoms. The molecule has 0 unspecified atom stereocenters. The number of nitrogens with one attached hydrogen (secondary N) is 2. The fraction of sp³-hybridized carbons (Fsp3) is 0.619. The summed E-state index contributed by atoms with van der Waals surface area (Å²) in [6.07, 6.45) is 5.96. The number of urea groups is 1. The van der Waals surface area contributed by atoms with Crippen molar-refractivity contribution in [1.29, 1.82) is 0 Å². The van der Waals surface area contributed by atoms with Crippen LogP contribution in [0.15, 0.2) is 6.07 Å². The van der Waals surface area contributed by atoms with E-state index in [-0.39, 0.29) is 18.2 Å². The first-order chi connectivity index (χ1) is 13.5. The predicted octanol–water partition coefficient (Wildman–Crippen LogP) is 2.62. The van der Waals surface area contributed by atoms with Gasteiger partial charge in [-0.3, -0.25) is 4.79 Å². The van der Waals surface area contributed by atoms with Gasteiger partial charge in [0.05, 0.1) is 5.75 Å². The van der Waals surface area contributed by atoms with E-state index in [1.807, 2.05) is 0 Å². The summed E-state index contributed by atoms with van der Waals surface area (Å²) in [7, 11) is -2.23. The minimum absolute atomic E-state index is 0.132. The lowest BCUT2D eigenvalue weighted by Crippen LogP contribution is -2.44. The lowest BCUT2D eigenvalue weighted by Gasteiger charge is -2.29. The van der Waals surface area contributed by atoms with Gasteiger partial charge in [-0.15, -0.1) is 0 Å². The Balaban J connectivity index is 1.71. The SMILES string of the molecule is CC(=O)N(C)CC(C)(C)CS(=O)(=O)NC(=O)Nc1c2c(cc3c1CCC3)CCC2. The maximum atomic E-state index is 12.6. The normalized spacial score (nSPS) is 15.6. The highest BCUT2D eigenvalue weighted by atomic mass is 32.2. The number of hydrogen-bond donors (Lipinski definition) is 2. The van der Waals surface area contributed by atoms with Crippen molar-refractivity contribution < 1.29 is 18.0 Å². The molecule has 0 heterocycles. The quantitative estimate of drug-likeness (QED) is 0.738. The number of hydrogen-bond acceptors (Lipinski definition) is 4. The van der Waals surface area contributed by atoms with Crippen molar-refractivity contribution in [3.63, 3.8) is 0 Å². The van der Waals surface area contributed by atoms with Gasteiger partial charge in [0.25, 0.3) is 0 Å². The molecule has 2 aliphatic carbocycles. The van der Waals surface area contributed by atoms with E-state index in [0.717, 1.165) is 55.3 Å². The molecule has 3 amide bonds. The zero-order valence-electron chi connectivity index (χ0n) is 17.7. The van der Waals surface area contributed by atoms with Crippen LogP contribution < -0.4 is 10.0 Å². The molecule has 0 bridgehead atoms. The van der Waals surface area contributed by atoms with E-state index in [0.29, 0.717) is 0 Å². The molecule has 0 aliphatic heterocycles. The van der Waals surface area contributed by atoms with Gasteiger partial charge in [-0.05, 0) is 66.2 Å². The summed E-state index contributed by atoms with van der Waals surface area (Å²) in [6.45, 7) is 5.25. The molecule has 0 saturated carbocycles. The Labute approximate surface area is 173 Å². The highest BCUT2D eigenvalue weighted by Gasteiger charge is 2.30. The third-order valence-corrected chi connectivity index (χ3v) is 7.40. The number of amides is 3. The molecule has 8 heteroatoms. The van der Waals surface area contributed by atoms with E-state index < -0.39 is 21.5 Å². The first-order valence-corrected chi connectivity index (χ1v) is 11.8. The van der Waals surface area contributed by atoms with E-state index in [2.05, 4.69) is 16.1 Å². The monoisotopic (exact) mass is 421 g/mol. The van der Waals surface area contributed by atoms with Crippen LogP contribution in [-0.4, -0.2) is 44.6 Å². The number of sulfonamides is 1. The molecule has 2 N–H and O–H groups in total. The third kappa shape index (κ3) is 5.10. The maximum Gasteiger partial charge on any atom is 0.332 e. The van der Waals surface area contributed by atoms with Crippen LogP contribution in [0.5, 0.6) is 0 Å². The highest BCUT2D eigenvalue weighted by molar-refractivity contribution is 7.90. The number of nitrogens with zero attached hydrogens (tertiary/aromatic N) is 1. The third-order valence-electron chi connectivity index (χ3n) is 5.74. The summed E-state index contributed by atoms with van der Waals surface area (Å²) in [5, 5.41) is 2.85. The summed E-state index contributed by atoms with van der Waals surface area (Å²) in [5.74, 6) is -0.385. The second-order valence-corrected chi connectivity index (χ2v) is 10.8. The molecule has 1 aromatic rings. The molecular weight excluding hydrogens is 390 g/mol. The first-order valence-electron chi connectivity index (χ1n) is 10.2. The van der Waals surface area contributed by atoms with Crippen molar-refractivity contribution in [2.75, 3.05) is 24.7 Å². The molecule has 0 atom stereocenters. The number of benzene rings is 1. The maximum absolute atomic E-state index is 12.6. The average molecular weight is 422 g/mol. The number of carbonyl (C=O) groups excluding carboxylic acids is 2. The van der Waals surface area contributed by atoms with E-state index in [1.165, 1.54) is 23.0 Å². The average Bonchev–Trinajstić information content (AvgIpc) is 3.20. The Kier molecular flexibility index (Phi) is 5.94. The highest BCUT2D eigenvalue weighted by Crippen LogP contribution is 2.38. The van der Waals surface area contributed by atoms with Crippen LogP contribution in [0.1, 0.15) is 55.9 Å². The largest absolute Gasteiger partial charge is 0.345 e. The summed E-state index contributed by atoms with van der Waals surface area (Å²) < 4.78 is 27.3. The molecule has 0 radical (unpaired) electrons. The summed E-state index contributed by atoms with van der Waals surface area (Å²) in [6, 6.07) is 1.55. The summed E-state index contributed by atoms with van der Waals surface area (Å²) >= 11 is 0. The molecule has 1 aromatic carbocycles. The summed E-state index contributed by atoms with van der Waals surface area (Å²) in [4.78, 5) is 25.5. The molecule has 2 aliphatic rings. The van der Waals surface area contributed by atoms with Gasteiger partial charge in [0.15, 0.2) is 0 Å². The molecule has 0 aromatic heterocycles. The van der Waals surface area contributed by atoms with Gasteiger partial charge in [0.2, 0.25) is 15.9 Å². The van der Waals surface area contributed by atoms with Gasteiger partial charge >= 0.3 is 6.03 Å². The van der Waals surface area contributed by atoms with Gasteiger partial charge in [-0.2, -0.15) is 0 Å². The number of carbonyl (C=O) groups is 2. The zero-order valence-corrected chi connectivity index (χ0v) is 18.5. The van der Waals surface area contributed by atoms with Crippen LogP contribution in [0.4, 0.5) is 10.5 Å². The van der Waals surface area contributed by atoms with Crippen molar-refractivity contribution in [1.82, 2.24) is 9.62 Å². The van der Waals surface area contributed by atoms with Crippen LogP contribution in [0.3, 0.4) is 0 Å². The number of fused-ring (bicyclic) bond motifs is 2. The van der Waals surface area contributed by atoms with Gasteiger partial charge in [0.1, 0.15) is 0 Å². The first kappa shape index (κ1) is 21.6. The Morgan fingerprint density at radius 1 is 1.07 bits per heavy atom. The minimum atomic E-state index is -3.86. The second kappa shape index (κ2) is 7.97. The van der Waals surface area contributed by atoms with Crippen molar-refractivity contribution >= 4 is 27.6 Å². The molecule has 3 rings (SSSR count). The predicted molar refractivity (Wildman–Crippen MR) is 114 cm³/mol. The van der Waals surface area contributed by atoms with E-state index in [9.17, 15) is 18.0 Å². The van der Waals surface area contributed by atoms with Crippen molar-refractivity contribution in [3.05, 3.63) is 28.3 Å². The zero-order chi connectivity index (χ0) is 21.4. The van der Waals surface area contributed by atoms with Crippen molar-refractivity contribution in [2.24, 2.45) is 5.41 Å². The Morgan fingerprint density at radius 3 is 2.14 bits per heavy atom. The lowest BCUT2D eigenvalue weighted by atomic mass is 9.96. The second-order valence-electron chi connectivity index (χ2n) is 9.09. The van der Waals surface area contributed by atoms with Crippen LogP contribution in [0.25, 0.3) is 0 Å². The standard InChI is InChI=1S/C21H31N3O4S/c1-14(25)24(4)12-21(2,3)13-29(27,28)23-20(26)22-19-17-9-5-7-15(17)11-16-8-6-10-18(16)19/h11H,5-10,12-13H2,1-4H3,(H2,22,23,26). The Bertz CT molecular complexity index is 905. The van der Waals surface area contributed by atoms with Crippen LogP contribution in [0.2, 0.25) is 0 Å². The minimum Gasteiger partial charge on any atom is -0.345 e. The van der Waals surface area contributed by atoms with Crippen molar-refractivity contribution in [2.45, 2.75) is 59.3 Å². The van der Waals surface area contributed by atoms with Crippen LogP contribution in [0, 0.1) is 5.41 Å². The van der Waals surface area contributed by atoms with E-state index in [4.69, 9.17) is 0 Å². The van der Waals surface area contributed by atoms with Gasteiger partial charge in [-0.25, -0.2) is 17.9 Å². The fourth-order valence-corrected chi connectivity index (χ4v) is 6.12. The van der Waals surface area contributed by atoms with Crippen LogP contribution in [-0.2, 0) is 40.5 Å². The smallest absolute Gasteiger partial charge is 0.332 e. The molecule has 29 heavy (non-hydrogen) atoms. The van der Waals surface area contributed by atoms with Gasteiger partial charge in [-0.1, -0.05) is 19.9 Å². The Hall–Kier alpha value is -2.09. The van der Waals surface area contributed by atoms with E-state index in [1.54, 1.807) is 20.9 Å². The van der Waals surface area contributed by atoms with Crippen molar-refractivity contribution in [3.8, 4) is 0 Å². The molecule has 0 saturated heterocycles. The molecule has 7 nitrogen and oxygen atoms in total. The molecule has 160 valence electrons.